The number of hydrogen-bond donors (Lipinski definition) is 2. The van der Waals surface area contributed by atoms with Gasteiger partial charge in [-0.1, -0.05) is 6.92 Å². The molecule has 2 rings (SSSR count). The summed E-state index contributed by atoms with van der Waals surface area (Å²) in [6, 6.07) is 7.39. The molecule has 0 amide bonds. The van der Waals surface area contributed by atoms with Crippen LogP contribution in [-0.4, -0.2) is 34.7 Å². The number of ether oxygens (including phenoxy) is 1. The molecular weight excluding hydrogens is 270 g/mol. The molecule has 21 heavy (non-hydrogen) atoms. The number of benzene rings is 1. The zero-order chi connectivity index (χ0) is 15.2. The van der Waals surface area contributed by atoms with Gasteiger partial charge in [0.1, 0.15) is 17.1 Å². The number of aromatic nitrogens is 2. The van der Waals surface area contributed by atoms with Gasteiger partial charge in [0.25, 0.3) is 0 Å². The van der Waals surface area contributed by atoms with Crippen molar-refractivity contribution in [3.05, 3.63) is 36.0 Å². The van der Waals surface area contributed by atoms with Crippen molar-refractivity contribution in [3.63, 3.8) is 0 Å². The van der Waals surface area contributed by atoms with E-state index in [-0.39, 0.29) is 5.56 Å². The minimum atomic E-state index is -1.06. The van der Waals surface area contributed by atoms with Crippen LogP contribution in [0.2, 0.25) is 0 Å². The quantitative estimate of drug-likeness (QED) is 0.849. The molecule has 0 aliphatic heterocycles. The minimum Gasteiger partial charge on any atom is -0.494 e. The van der Waals surface area contributed by atoms with Gasteiger partial charge in [-0.05, 0) is 30.7 Å². The molecular formula is C15H17N3O3. The zero-order valence-electron chi connectivity index (χ0n) is 12.0. The second-order valence-corrected chi connectivity index (χ2v) is 4.38. The number of carbonyl (C=O) groups is 1. The fraction of sp³-hybridized carbons (Fsp3) is 0.267. The van der Waals surface area contributed by atoms with Crippen LogP contribution in [0.3, 0.4) is 0 Å². The van der Waals surface area contributed by atoms with E-state index in [1.807, 2.05) is 31.2 Å². The third-order valence-electron chi connectivity index (χ3n) is 2.84. The Morgan fingerprint density at radius 1 is 1.33 bits per heavy atom. The molecule has 0 aliphatic carbocycles. The molecule has 0 bridgehead atoms. The van der Waals surface area contributed by atoms with Crippen molar-refractivity contribution in [2.45, 2.75) is 13.3 Å². The molecule has 110 valence electrons. The molecule has 0 spiro atoms. The number of aromatic carboxylic acids is 1. The van der Waals surface area contributed by atoms with Gasteiger partial charge < -0.3 is 15.2 Å². The molecule has 1 aromatic heterocycles. The smallest absolute Gasteiger partial charge is 0.341 e. The Bertz CT molecular complexity index is 627. The average molecular weight is 287 g/mol. The molecule has 2 aromatic rings. The second kappa shape index (κ2) is 6.69. The summed E-state index contributed by atoms with van der Waals surface area (Å²) in [5.74, 6) is 0.482. The van der Waals surface area contributed by atoms with Gasteiger partial charge in [0.15, 0.2) is 5.82 Å². The van der Waals surface area contributed by atoms with Crippen LogP contribution in [0.4, 0.5) is 5.82 Å². The Kier molecular flexibility index (Phi) is 4.71. The standard InChI is InChI=1S/C15H17N3O3/c1-3-8-21-11-6-4-10(5-7-11)13-17-9-12(15(19)20)14(16-2)18-13/h4-7,9H,3,8H2,1-2H3,(H,19,20)(H,16,17,18). The number of anilines is 1. The summed E-state index contributed by atoms with van der Waals surface area (Å²) in [6.07, 6.45) is 2.25. The summed E-state index contributed by atoms with van der Waals surface area (Å²) in [5.41, 5.74) is 0.844. The van der Waals surface area contributed by atoms with Crippen LogP contribution in [0.5, 0.6) is 5.75 Å². The van der Waals surface area contributed by atoms with Crippen molar-refractivity contribution < 1.29 is 14.6 Å². The van der Waals surface area contributed by atoms with E-state index >= 15 is 0 Å². The molecule has 0 atom stereocenters. The number of rotatable bonds is 6. The summed E-state index contributed by atoms with van der Waals surface area (Å²) in [6.45, 7) is 2.72. The van der Waals surface area contributed by atoms with Crippen LogP contribution in [0.1, 0.15) is 23.7 Å². The SMILES string of the molecule is CCCOc1ccc(-c2ncc(C(=O)O)c(NC)n2)cc1. The Balaban J connectivity index is 2.27. The molecule has 1 aromatic carbocycles. The van der Waals surface area contributed by atoms with Gasteiger partial charge in [0, 0.05) is 18.8 Å². The summed E-state index contributed by atoms with van der Waals surface area (Å²) in [7, 11) is 1.63. The van der Waals surface area contributed by atoms with E-state index in [0.717, 1.165) is 17.7 Å². The lowest BCUT2D eigenvalue weighted by Crippen LogP contribution is -2.07. The minimum absolute atomic E-state index is 0.0455. The maximum atomic E-state index is 11.0. The van der Waals surface area contributed by atoms with Crippen LogP contribution in [0.25, 0.3) is 11.4 Å². The molecule has 2 N–H and O–H groups in total. The van der Waals surface area contributed by atoms with Gasteiger partial charge in [-0.2, -0.15) is 0 Å². The lowest BCUT2D eigenvalue weighted by molar-refractivity contribution is 0.0697. The Morgan fingerprint density at radius 3 is 2.62 bits per heavy atom. The summed E-state index contributed by atoms with van der Waals surface area (Å²) in [4.78, 5) is 19.4. The van der Waals surface area contributed by atoms with Gasteiger partial charge in [-0.15, -0.1) is 0 Å². The van der Waals surface area contributed by atoms with Crippen molar-refractivity contribution >= 4 is 11.8 Å². The van der Waals surface area contributed by atoms with Crippen LogP contribution >= 0.6 is 0 Å². The predicted molar refractivity (Wildman–Crippen MR) is 79.8 cm³/mol. The van der Waals surface area contributed by atoms with Gasteiger partial charge in [0.2, 0.25) is 0 Å². The average Bonchev–Trinajstić information content (AvgIpc) is 2.52. The predicted octanol–water partition coefficient (Wildman–Crippen LogP) is 2.67. The number of hydrogen-bond acceptors (Lipinski definition) is 5. The number of carboxylic acids is 1. The van der Waals surface area contributed by atoms with Crippen LogP contribution in [0, 0.1) is 0 Å². The van der Waals surface area contributed by atoms with Crippen LogP contribution in [-0.2, 0) is 0 Å². The Morgan fingerprint density at radius 2 is 2.05 bits per heavy atom. The van der Waals surface area contributed by atoms with Crippen LogP contribution < -0.4 is 10.1 Å². The largest absolute Gasteiger partial charge is 0.494 e. The van der Waals surface area contributed by atoms with Crippen molar-refractivity contribution in [2.75, 3.05) is 19.0 Å². The highest BCUT2D eigenvalue weighted by atomic mass is 16.5. The summed E-state index contributed by atoms with van der Waals surface area (Å²) in [5, 5.41) is 11.8. The van der Waals surface area contributed by atoms with Crippen molar-refractivity contribution in [3.8, 4) is 17.1 Å². The summed E-state index contributed by atoms with van der Waals surface area (Å²) >= 11 is 0. The first-order valence-corrected chi connectivity index (χ1v) is 6.67. The molecule has 0 aliphatic rings. The molecule has 0 unspecified atom stereocenters. The Labute approximate surface area is 122 Å². The maximum absolute atomic E-state index is 11.0. The lowest BCUT2D eigenvalue weighted by Gasteiger charge is -2.08. The number of nitrogens with one attached hydrogen (secondary N) is 1. The molecule has 6 nitrogen and oxygen atoms in total. The monoisotopic (exact) mass is 287 g/mol. The number of nitrogens with zero attached hydrogens (tertiary/aromatic N) is 2. The second-order valence-electron chi connectivity index (χ2n) is 4.38. The highest BCUT2D eigenvalue weighted by molar-refractivity contribution is 5.93. The lowest BCUT2D eigenvalue weighted by atomic mass is 10.2. The van der Waals surface area contributed by atoms with E-state index in [1.165, 1.54) is 6.20 Å². The fourth-order valence-electron chi connectivity index (χ4n) is 1.79. The highest BCUT2D eigenvalue weighted by Crippen LogP contribution is 2.22. The molecule has 0 saturated heterocycles. The van der Waals surface area contributed by atoms with E-state index < -0.39 is 5.97 Å². The molecule has 1 heterocycles. The first kappa shape index (κ1) is 14.8. The Hall–Kier alpha value is -2.63. The van der Waals surface area contributed by atoms with Gasteiger partial charge in [-0.3, -0.25) is 0 Å². The topological polar surface area (TPSA) is 84.3 Å². The van der Waals surface area contributed by atoms with E-state index in [0.29, 0.717) is 18.2 Å². The van der Waals surface area contributed by atoms with Gasteiger partial charge >= 0.3 is 5.97 Å². The zero-order valence-corrected chi connectivity index (χ0v) is 12.0. The molecule has 0 radical (unpaired) electrons. The fourth-order valence-corrected chi connectivity index (χ4v) is 1.79. The van der Waals surface area contributed by atoms with E-state index in [9.17, 15) is 4.79 Å². The molecule has 0 saturated carbocycles. The highest BCUT2D eigenvalue weighted by Gasteiger charge is 2.13. The number of carboxylic acid groups (broad SMARTS) is 1. The van der Waals surface area contributed by atoms with Crippen molar-refractivity contribution in [1.82, 2.24) is 9.97 Å². The van der Waals surface area contributed by atoms with Crippen molar-refractivity contribution in [2.24, 2.45) is 0 Å². The van der Waals surface area contributed by atoms with E-state index in [4.69, 9.17) is 9.84 Å². The first-order chi connectivity index (χ1) is 10.2. The third kappa shape index (κ3) is 3.47. The third-order valence-corrected chi connectivity index (χ3v) is 2.84. The van der Waals surface area contributed by atoms with E-state index in [2.05, 4.69) is 15.3 Å². The van der Waals surface area contributed by atoms with Crippen LogP contribution in [0.15, 0.2) is 30.5 Å². The van der Waals surface area contributed by atoms with Gasteiger partial charge in [-0.25, -0.2) is 14.8 Å². The first-order valence-electron chi connectivity index (χ1n) is 6.67. The van der Waals surface area contributed by atoms with Crippen molar-refractivity contribution in [1.29, 1.82) is 0 Å². The summed E-state index contributed by atoms with van der Waals surface area (Å²) < 4.78 is 5.51. The van der Waals surface area contributed by atoms with E-state index in [1.54, 1.807) is 7.05 Å². The molecule has 0 fully saturated rings. The van der Waals surface area contributed by atoms with Gasteiger partial charge in [0.05, 0.1) is 6.61 Å². The normalized spacial score (nSPS) is 10.2. The maximum Gasteiger partial charge on any atom is 0.341 e. The molecule has 6 heteroatoms.